The molecule has 0 atom stereocenters. The van der Waals surface area contributed by atoms with E-state index >= 15 is 0 Å². The van der Waals surface area contributed by atoms with Gasteiger partial charge in [-0.2, -0.15) is 0 Å². The highest BCUT2D eigenvalue weighted by Crippen LogP contribution is 2.18. The minimum atomic E-state index is -0.0357. The lowest BCUT2D eigenvalue weighted by atomic mass is 10.5. The zero-order valence-electron chi connectivity index (χ0n) is 9.76. The van der Waals surface area contributed by atoms with Gasteiger partial charge in [-0.15, -0.1) is 0 Å². The highest BCUT2D eigenvalue weighted by atomic mass is 16.2. The van der Waals surface area contributed by atoms with E-state index in [2.05, 4.69) is 20.6 Å². The van der Waals surface area contributed by atoms with Crippen molar-refractivity contribution in [2.75, 3.05) is 17.6 Å². The third kappa shape index (κ3) is 2.20. The van der Waals surface area contributed by atoms with Gasteiger partial charge < -0.3 is 20.8 Å². The number of rotatable bonds is 4. The van der Waals surface area contributed by atoms with Gasteiger partial charge in [-0.25, -0.2) is 9.97 Å². The normalized spacial score (nSPS) is 14.7. The molecule has 1 aliphatic rings. The molecule has 0 bridgehead atoms. The lowest BCUT2D eigenvalue weighted by Gasteiger charge is -2.08. The Balaban J connectivity index is 1.72. The highest BCUT2D eigenvalue weighted by molar-refractivity contribution is 5.82. The summed E-state index contributed by atoms with van der Waals surface area (Å²) >= 11 is 0. The standard InChI is InChI=1S/C11H14N6O/c12-8-6-17-4-3-13-11(17)10(16-8)14-5-9(18)15-7-1-2-7/h3-4,6-7H,1-2,5,12H2,(H,14,16)(H,15,18). The van der Waals surface area contributed by atoms with Crippen molar-refractivity contribution in [1.29, 1.82) is 0 Å². The van der Waals surface area contributed by atoms with Gasteiger partial charge in [-0.3, -0.25) is 4.79 Å². The molecule has 18 heavy (non-hydrogen) atoms. The molecule has 0 radical (unpaired) electrons. The first kappa shape index (κ1) is 10.8. The average molecular weight is 246 g/mol. The molecule has 1 amide bonds. The van der Waals surface area contributed by atoms with Crippen molar-refractivity contribution in [3.05, 3.63) is 18.6 Å². The maximum atomic E-state index is 11.6. The first-order valence-electron chi connectivity index (χ1n) is 5.85. The van der Waals surface area contributed by atoms with Crippen molar-refractivity contribution in [3.63, 3.8) is 0 Å². The maximum absolute atomic E-state index is 11.6. The number of carbonyl (C=O) groups is 1. The molecule has 0 unspecified atom stereocenters. The monoisotopic (exact) mass is 246 g/mol. The molecule has 0 aromatic carbocycles. The van der Waals surface area contributed by atoms with Crippen LogP contribution >= 0.6 is 0 Å². The zero-order chi connectivity index (χ0) is 12.5. The van der Waals surface area contributed by atoms with Crippen molar-refractivity contribution in [1.82, 2.24) is 19.7 Å². The van der Waals surface area contributed by atoms with Crippen LogP contribution in [0.15, 0.2) is 18.6 Å². The molecule has 2 heterocycles. The number of nitrogens with two attached hydrogens (primary N) is 1. The molecule has 3 rings (SSSR count). The molecule has 1 fully saturated rings. The predicted molar refractivity (Wildman–Crippen MR) is 67.1 cm³/mol. The summed E-state index contributed by atoms with van der Waals surface area (Å²) in [6.45, 7) is 0.176. The first-order valence-corrected chi connectivity index (χ1v) is 5.85. The van der Waals surface area contributed by atoms with Crippen molar-refractivity contribution in [2.24, 2.45) is 0 Å². The third-order valence-corrected chi connectivity index (χ3v) is 2.75. The Morgan fingerprint density at radius 2 is 2.39 bits per heavy atom. The fourth-order valence-electron chi connectivity index (χ4n) is 1.74. The second kappa shape index (κ2) is 4.17. The molecule has 0 aliphatic heterocycles. The van der Waals surface area contributed by atoms with E-state index in [0.717, 1.165) is 12.8 Å². The molecule has 4 N–H and O–H groups in total. The third-order valence-electron chi connectivity index (χ3n) is 2.75. The lowest BCUT2D eigenvalue weighted by molar-refractivity contribution is -0.119. The number of hydrogen-bond donors (Lipinski definition) is 3. The van der Waals surface area contributed by atoms with Gasteiger partial charge in [0.1, 0.15) is 5.82 Å². The molecule has 0 spiro atoms. The maximum Gasteiger partial charge on any atom is 0.239 e. The van der Waals surface area contributed by atoms with Crippen molar-refractivity contribution < 1.29 is 4.79 Å². The number of nitrogen functional groups attached to an aromatic ring is 1. The van der Waals surface area contributed by atoms with Crippen LogP contribution in [0.1, 0.15) is 12.8 Å². The molecule has 1 aliphatic carbocycles. The van der Waals surface area contributed by atoms with Gasteiger partial charge in [-0.1, -0.05) is 0 Å². The topological polar surface area (TPSA) is 97.3 Å². The van der Waals surface area contributed by atoms with Crippen LogP contribution in [0.5, 0.6) is 0 Å². The van der Waals surface area contributed by atoms with Gasteiger partial charge >= 0.3 is 0 Å². The van der Waals surface area contributed by atoms with Crippen LogP contribution in [0.4, 0.5) is 11.6 Å². The number of carbonyl (C=O) groups excluding carboxylic acids is 1. The number of amides is 1. The summed E-state index contributed by atoms with van der Waals surface area (Å²) < 4.78 is 1.77. The van der Waals surface area contributed by atoms with E-state index in [-0.39, 0.29) is 12.5 Å². The molecule has 1 saturated carbocycles. The number of aromatic nitrogens is 3. The average Bonchev–Trinajstić information content (AvgIpc) is 3.01. The Kier molecular flexibility index (Phi) is 2.51. The van der Waals surface area contributed by atoms with Crippen LogP contribution in [0, 0.1) is 0 Å². The summed E-state index contributed by atoms with van der Waals surface area (Å²) in [5, 5.41) is 5.85. The molecule has 0 saturated heterocycles. The number of anilines is 2. The van der Waals surface area contributed by atoms with Gasteiger partial charge in [-0.05, 0) is 12.8 Å². The minimum absolute atomic E-state index is 0.0357. The van der Waals surface area contributed by atoms with E-state index in [0.29, 0.717) is 23.3 Å². The summed E-state index contributed by atoms with van der Waals surface area (Å²) in [5.74, 6) is 0.864. The van der Waals surface area contributed by atoms with Gasteiger partial charge in [0.25, 0.3) is 0 Å². The van der Waals surface area contributed by atoms with Gasteiger partial charge in [0.15, 0.2) is 11.5 Å². The van der Waals surface area contributed by atoms with E-state index in [4.69, 9.17) is 5.73 Å². The van der Waals surface area contributed by atoms with E-state index in [1.807, 2.05) is 0 Å². The van der Waals surface area contributed by atoms with Crippen molar-refractivity contribution in [2.45, 2.75) is 18.9 Å². The van der Waals surface area contributed by atoms with Gasteiger partial charge in [0, 0.05) is 18.4 Å². The largest absolute Gasteiger partial charge is 0.382 e. The lowest BCUT2D eigenvalue weighted by Crippen LogP contribution is -2.31. The Morgan fingerprint density at radius 1 is 1.56 bits per heavy atom. The summed E-state index contributed by atoms with van der Waals surface area (Å²) in [6, 6.07) is 0.361. The van der Waals surface area contributed by atoms with Crippen molar-refractivity contribution in [3.8, 4) is 0 Å². The molecule has 7 heteroatoms. The molecule has 2 aromatic rings. The first-order chi connectivity index (χ1) is 8.72. The summed E-state index contributed by atoms with van der Waals surface area (Å²) in [4.78, 5) is 19.9. The minimum Gasteiger partial charge on any atom is -0.382 e. The van der Waals surface area contributed by atoms with E-state index in [1.165, 1.54) is 0 Å². The second-order valence-corrected chi connectivity index (χ2v) is 4.37. The second-order valence-electron chi connectivity index (χ2n) is 4.37. The number of nitrogens with zero attached hydrogens (tertiary/aromatic N) is 3. The van der Waals surface area contributed by atoms with Crippen molar-refractivity contribution >= 4 is 23.2 Å². The Labute approximate surface area is 103 Å². The molecule has 94 valence electrons. The van der Waals surface area contributed by atoms with Crippen LogP contribution in [0.25, 0.3) is 5.65 Å². The molecule has 2 aromatic heterocycles. The van der Waals surface area contributed by atoms with Crippen LogP contribution in [0.3, 0.4) is 0 Å². The number of imidazole rings is 1. The summed E-state index contributed by atoms with van der Waals surface area (Å²) in [5.41, 5.74) is 6.34. The fraction of sp³-hybridized carbons (Fsp3) is 0.364. The van der Waals surface area contributed by atoms with Crippen LogP contribution < -0.4 is 16.4 Å². The number of hydrogen-bond acceptors (Lipinski definition) is 5. The Hall–Kier alpha value is -2.31. The fourth-order valence-corrected chi connectivity index (χ4v) is 1.74. The van der Waals surface area contributed by atoms with Gasteiger partial charge in [0.2, 0.25) is 5.91 Å². The molecular formula is C11H14N6O. The SMILES string of the molecule is Nc1cn2ccnc2c(NCC(=O)NC2CC2)n1. The zero-order valence-corrected chi connectivity index (χ0v) is 9.76. The predicted octanol–water partition coefficient (Wildman–Crippen LogP) is 0.00200. The Morgan fingerprint density at radius 3 is 3.17 bits per heavy atom. The van der Waals surface area contributed by atoms with Crippen LogP contribution in [0.2, 0.25) is 0 Å². The Bertz CT molecular complexity index is 588. The quantitative estimate of drug-likeness (QED) is 0.705. The number of nitrogens with one attached hydrogen (secondary N) is 2. The molecule has 7 nitrogen and oxygen atoms in total. The number of fused-ring (bicyclic) bond motifs is 1. The molecular weight excluding hydrogens is 232 g/mol. The van der Waals surface area contributed by atoms with E-state index in [9.17, 15) is 4.79 Å². The van der Waals surface area contributed by atoms with E-state index in [1.54, 1.807) is 23.0 Å². The van der Waals surface area contributed by atoms with Crippen LogP contribution in [-0.4, -0.2) is 32.9 Å². The summed E-state index contributed by atoms with van der Waals surface area (Å²) in [7, 11) is 0. The highest BCUT2D eigenvalue weighted by Gasteiger charge is 2.23. The summed E-state index contributed by atoms with van der Waals surface area (Å²) in [6.07, 6.45) is 7.27. The van der Waals surface area contributed by atoms with E-state index < -0.39 is 0 Å². The van der Waals surface area contributed by atoms with Crippen LogP contribution in [-0.2, 0) is 4.79 Å². The smallest absolute Gasteiger partial charge is 0.239 e. The van der Waals surface area contributed by atoms with Gasteiger partial charge in [0.05, 0.1) is 12.7 Å².